The molecule has 0 fully saturated rings. The van der Waals surface area contributed by atoms with E-state index in [1.807, 2.05) is 26.5 Å². The molecule has 0 aliphatic heterocycles. The predicted molar refractivity (Wildman–Crippen MR) is 48.5 cm³/mol. The summed E-state index contributed by atoms with van der Waals surface area (Å²) in [6.07, 6.45) is 1.62. The summed E-state index contributed by atoms with van der Waals surface area (Å²) in [5.41, 5.74) is 1.81. The fourth-order valence-corrected chi connectivity index (χ4v) is 0.664. The topological polar surface area (TPSA) is 18.5 Å². The molecule has 0 aliphatic rings. The molecule has 0 saturated carbocycles. The second-order valence-corrected chi connectivity index (χ2v) is 6.16. The van der Waals surface area contributed by atoms with Gasteiger partial charge in [0.1, 0.15) is 11.9 Å². The van der Waals surface area contributed by atoms with E-state index in [0.717, 1.165) is 0 Å². The molecule has 65 valence electrons. The van der Waals surface area contributed by atoms with Crippen molar-refractivity contribution in [2.24, 2.45) is 0 Å². The lowest BCUT2D eigenvalue weighted by molar-refractivity contribution is -0.310. The van der Waals surface area contributed by atoms with Gasteiger partial charge in [-0.25, -0.2) is 0 Å². The van der Waals surface area contributed by atoms with Crippen LogP contribution >= 0.6 is 0 Å². The molecule has 0 spiro atoms. The summed E-state index contributed by atoms with van der Waals surface area (Å²) in [7, 11) is -0.338. The highest BCUT2D eigenvalue weighted by atomic mass is 28.3. The largest absolute Gasteiger partial charge is 0.346 e. The molecule has 0 N–H and O–H groups in total. The predicted octanol–water partition coefficient (Wildman–Crippen LogP) is 2.54. The molecule has 0 unspecified atom stereocenters. The monoisotopic (exact) mass is 173 g/mol. The lowest BCUT2D eigenvalue weighted by Crippen LogP contribution is -2.17. The Morgan fingerprint density at radius 3 is 2.09 bits per heavy atom. The van der Waals surface area contributed by atoms with Gasteiger partial charge in [-0.15, -0.1) is 0 Å². The third-order valence-electron chi connectivity index (χ3n) is 0.755. The zero-order valence-electron chi connectivity index (χ0n) is 7.97. The summed E-state index contributed by atoms with van der Waals surface area (Å²) in [4.78, 5) is 9.86. The summed E-state index contributed by atoms with van der Waals surface area (Å²) in [5.74, 6) is 0. The minimum atomic E-state index is -0.338. The average Bonchev–Trinajstić information content (AvgIpc) is 1.78. The van der Waals surface area contributed by atoms with E-state index < -0.39 is 0 Å². The molecule has 3 heteroatoms. The van der Waals surface area contributed by atoms with Crippen molar-refractivity contribution in [3.8, 4) is 0 Å². The van der Waals surface area contributed by atoms with E-state index in [9.17, 15) is 0 Å². The van der Waals surface area contributed by atoms with Crippen LogP contribution in [0.15, 0.2) is 12.0 Å². The van der Waals surface area contributed by atoms with Crippen LogP contribution in [0.2, 0.25) is 13.1 Å². The molecule has 0 aromatic carbocycles. The van der Waals surface area contributed by atoms with Gasteiger partial charge in [-0.1, -0.05) is 18.8 Å². The van der Waals surface area contributed by atoms with Gasteiger partial charge in [0, 0.05) is 0 Å². The third-order valence-corrected chi connectivity index (χ3v) is 1.56. The van der Waals surface area contributed by atoms with Crippen LogP contribution in [0.4, 0.5) is 0 Å². The minimum absolute atomic E-state index is 0.223. The van der Waals surface area contributed by atoms with Gasteiger partial charge in [0.25, 0.3) is 0 Å². The number of rotatable bonds is 3. The van der Waals surface area contributed by atoms with Crippen molar-refractivity contribution in [3.63, 3.8) is 0 Å². The maximum atomic E-state index is 5.01. The molecule has 0 bridgehead atoms. The Morgan fingerprint density at radius 2 is 1.73 bits per heavy atom. The highest BCUT2D eigenvalue weighted by Crippen LogP contribution is 2.06. The first-order chi connectivity index (χ1) is 4.92. The van der Waals surface area contributed by atoms with Crippen LogP contribution in [0.1, 0.15) is 20.8 Å². The molecular weight excluding hydrogens is 156 g/mol. The van der Waals surface area contributed by atoms with Gasteiger partial charge in [-0.2, -0.15) is 4.89 Å². The molecule has 0 rings (SSSR count). The standard InChI is InChI=1S/C8H17O2Si/c1-8(2,3)10-9-6-7-11(4)5/h6-7H,1-5H3. The van der Waals surface area contributed by atoms with E-state index >= 15 is 0 Å². The van der Waals surface area contributed by atoms with Crippen molar-refractivity contribution in [3.05, 3.63) is 12.0 Å². The Morgan fingerprint density at radius 1 is 1.18 bits per heavy atom. The van der Waals surface area contributed by atoms with Crippen molar-refractivity contribution in [2.75, 3.05) is 0 Å². The smallest absolute Gasteiger partial charge is 0.121 e. The van der Waals surface area contributed by atoms with Crippen LogP contribution in [-0.4, -0.2) is 14.4 Å². The lowest BCUT2D eigenvalue weighted by atomic mass is 10.2. The molecule has 0 aromatic heterocycles. The van der Waals surface area contributed by atoms with Gasteiger partial charge >= 0.3 is 0 Å². The quantitative estimate of drug-likeness (QED) is 0.282. The van der Waals surface area contributed by atoms with Gasteiger partial charge in [-0.05, 0) is 20.8 Å². The van der Waals surface area contributed by atoms with Crippen LogP contribution in [0.5, 0.6) is 0 Å². The van der Waals surface area contributed by atoms with Crippen LogP contribution < -0.4 is 0 Å². The van der Waals surface area contributed by atoms with Gasteiger partial charge in [-0.3, -0.25) is 0 Å². The van der Waals surface area contributed by atoms with E-state index in [-0.39, 0.29) is 14.4 Å². The SMILES string of the molecule is C[Si](C)C=COOC(C)(C)C. The summed E-state index contributed by atoms with van der Waals surface area (Å²) in [5, 5.41) is 0. The second-order valence-electron chi connectivity index (χ2n) is 3.67. The van der Waals surface area contributed by atoms with Gasteiger partial charge in [0.05, 0.1) is 8.80 Å². The zero-order chi connectivity index (χ0) is 8.91. The Kier molecular flexibility index (Phi) is 4.45. The van der Waals surface area contributed by atoms with E-state index in [2.05, 4.69) is 13.1 Å². The third kappa shape index (κ3) is 9.72. The molecule has 1 radical (unpaired) electrons. The van der Waals surface area contributed by atoms with E-state index in [1.165, 1.54) is 0 Å². The van der Waals surface area contributed by atoms with Gasteiger partial charge in [0.2, 0.25) is 0 Å². The molecule has 0 amide bonds. The first-order valence-electron chi connectivity index (χ1n) is 3.73. The van der Waals surface area contributed by atoms with Crippen molar-refractivity contribution >= 4 is 8.80 Å². The van der Waals surface area contributed by atoms with E-state index in [4.69, 9.17) is 9.78 Å². The minimum Gasteiger partial charge on any atom is -0.346 e. The zero-order valence-corrected chi connectivity index (χ0v) is 8.97. The van der Waals surface area contributed by atoms with Crippen molar-refractivity contribution < 1.29 is 9.78 Å². The van der Waals surface area contributed by atoms with Crippen molar-refractivity contribution in [1.82, 2.24) is 0 Å². The maximum absolute atomic E-state index is 5.01. The van der Waals surface area contributed by atoms with E-state index in [1.54, 1.807) is 6.26 Å². The highest BCUT2D eigenvalue weighted by Gasteiger charge is 2.10. The second kappa shape index (κ2) is 4.57. The molecule has 0 atom stereocenters. The first-order valence-corrected chi connectivity index (χ1v) is 6.31. The summed E-state index contributed by atoms with van der Waals surface area (Å²) in [6.45, 7) is 10.2. The Labute approximate surface area is 70.7 Å². The Hall–Kier alpha value is -0.283. The van der Waals surface area contributed by atoms with Gasteiger partial charge in [0.15, 0.2) is 0 Å². The fraction of sp³-hybridized carbons (Fsp3) is 0.750. The van der Waals surface area contributed by atoms with Crippen LogP contribution in [0.3, 0.4) is 0 Å². The Bertz CT molecular complexity index is 125. The lowest BCUT2D eigenvalue weighted by Gasteiger charge is -2.15. The van der Waals surface area contributed by atoms with Crippen LogP contribution in [-0.2, 0) is 9.78 Å². The molecule has 0 aromatic rings. The molecule has 0 heterocycles. The summed E-state index contributed by atoms with van der Waals surface area (Å²) >= 11 is 0. The van der Waals surface area contributed by atoms with Crippen molar-refractivity contribution in [1.29, 1.82) is 0 Å². The molecular formula is C8H17O2Si. The summed E-state index contributed by atoms with van der Waals surface area (Å²) in [6, 6.07) is 0. The normalized spacial score (nSPS) is 12.9. The van der Waals surface area contributed by atoms with Gasteiger partial charge < -0.3 is 4.89 Å². The molecule has 0 saturated heterocycles. The van der Waals surface area contributed by atoms with Crippen LogP contribution in [0, 0.1) is 0 Å². The number of hydrogen-bond donors (Lipinski definition) is 0. The fourth-order valence-electron chi connectivity index (χ4n) is 0.336. The number of hydrogen-bond acceptors (Lipinski definition) is 2. The average molecular weight is 173 g/mol. The molecule has 0 aliphatic carbocycles. The highest BCUT2D eigenvalue weighted by molar-refractivity contribution is 6.61. The Balaban J connectivity index is 3.42. The first kappa shape index (κ1) is 10.7. The maximum Gasteiger partial charge on any atom is 0.121 e. The molecule has 2 nitrogen and oxygen atoms in total. The van der Waals surface area contributed by atoms with Crippen LogP contribution in [0.25, 0.3) is 0 Å². The van der Waals surface area contributed by atoms with E-state index in [0.29, 0.717) is 0 Å². The summed E-state index contributed by atoms with van der Waals surface area (Å²) < 4.78 is 0. The molecule has 11 heavy (non-hydrogen) atoms. The van der Waals surface area contributed by atoms with Crippen molar-refractivity contribution in [2.45, 2.75) is 39.5 Å².